The van der Waals surface area contributed by atoms with Crippen molar-refractivity contribution in [2.24, 2.45) is 0 Å². The van der Waals surface area contributed by atoms with Crippen LogP contribution in [0, 0.1) is 0 Å². The van der Waals surface area contributed by atoms with E-state index in [1.807, 2.05) is 54.6 Å². The van der Waals surface area contributed by atoms with Crippen molar-refractivity contribution < 1.29 is 9.47 Å². The average molecular weight is 326 g/mol. The number of alkyl halides is 1. The van der Waals surface area contributed by atoms with Crippen molar-refractivity contribution in [1.29, 1.82) is 0 Å². The summed E-state index contributed by atoms with van der Waals surface area (Å²) in [6, 6.07) is 17.3. The minimum atomic E-state index is 0.604. The van der Waals surface area contributed by atoms with Crippen LogP contribution in [0.4, 0.5) is 0 Å². The van der Waals surface area contributed by atoms with Crippen LogP contribution in [-0.2, 0) is 0 Å². The van der Waals surface area contributed by atoms with E-state index < -0.39 is 0 Å². The third-order valence-corrected chi connectivity index (χ3v) is 2.34. The molecule has 0 amide bonds. The zero-order valence-corrected chi connectivity index (χ0v) is 10.8. The third-order valence-electron chi connectivity index (χ3n) is 2.03. The molecule has 0 bridgehead atoms. The summed E-state index contributed by atoms with van der Waals surface area (Å²) in [6.45, 7) is 0. The zero-order valence-electron chi connectivity index (χ0n) is 8.60. The summed E-state index contributed by atoms with van der Waals surface area (Å²) in [5, 5.41) is 0. The van der Waals surface area contributed by atoms with Crippen LogP contribution in [0.15, 0.2) is 54.6 Å². The molecular weight excluding hydrogens is 315 g/mol. The van der Waals surface area contributed by atoms with Crippen LogP contribution in [0.3, 0.4) is 0 Å². The average Bonchev–Trinajstić information content (AvgIpc) is 2.33. The Morgan fingerprint density at radius 3 is 2.12 bits per heavy atom. The quantitative estimate of drug-likeness (QED) is 0.618. The first-order chi connectivity index (χ1) is 7.90. The first kappa shape index (κ1) is 11.3. The summed E-state index contributed by atoms with van der Waals surface area (Å²) >= 11 is 2.16. The van der Waals surface area contributed by atoms with Crippen molar-refractivity contribution >= 4 is 22.6 Å². The maximum atomic E-state index is 5.73. The molecule has 0 fully saturated rings. The molecule has 0 saturated heterocycles. The molecule has 0 aliphatic carbocycles. The largest absolute Gasteiger partial charge is 0.479 e. The lowest BCUT2D eigenvalue weighted by atomic mass is 10.3. The number of ether oxygens (including phenoxy) is 2. The van der Waals surface area contributed by atoms with E-state index in [2.05, 4.69) is 22.6 Å². The van der Waals surface area contributed by atoms with Crippen molar-refractivity contribution in [2.45, 2.75) is 0 Å². The fourth-order valence-electron chi connectivity index (χ4n) is 1.33. The Morgan fingerprint density at radius 1 is 0.812 bits per heavy atom. The molecule has 0 heterocycles. The first-order valence-corrected chi connectivity index (χ1v) is 6.43. The second-order valence-corrected chi connectivity index (χ2v) is 3.74. The van der Waals surface area contributed by atoms with Gasteiger partial charge in [-0.1, -0.05) is 30.3 Å². The molecular formula is C13H11IO2. The second-order valence-electron chi connectivity index (χ2n) is 3.12. The van der Waals surface area contributed by atoms with Crippen LogP contribution in [-0.4, -0.2) is 4.61 Å². The van der Waals surface area contributed by atoms with Gasteiger partial charge in [0.05, 0.1) is 0 Å². The highest BCUT2D eigenvalue weighted by Gasteiger charge is 2.04. The van der Waals surface area contributed by atoms with E-state index in [1.54, 1.807) is 0 Å². The Labute approximate surface area is 108 Å². The fraction of sp³-hybridized carbons (Fsp3) is 0.0769. The molecule has 0 saturated carbocycles. The van der Waals surface area contributed by atoms with Crippen LogP contribution < -0.4 is 9.47 Å². The lowest BCUT2D eigenvalue weighted by Crippen LogP contribution is -1.92. The smallest absolute Gasteiger partial charge is 0.169 e. The van der Waals surface area contributed by atoms with Gasteiger partial charge in [-0.3, -0.25) is 0 Å². The van der Waals surface area contributed by atoms with E-state index >= 15 is 0 Å². The molecule has 2 rings (SSSR count). The summed E-state index contributed by atoms with van der Waals surface area (Å²) in [4.78, 5) is 0. The van der Waals surface area contributed by atoms with Crippen molar-refractivity contribution in [2.75, 3.05) is 4.61 Å². The van der Waals surface area contributed by atoms with Gasteiger partial charge >= 0.3 is 0 Å². The van der Waals surface area contributed by atoms with Gasteiger partial charge in [-0.25, -0.2) is 0 Å². The number of hydrogen-bond donors (Lipinski definition) is 0. The van der Waals surface area contributed by atoms with Crippen molar-refractivity contribution in [1.82, 2.24) is 0 Å². The molecule has 0 unspecified atom stereocenters. The Morgan fingerprint density at radius 2 is 1.44 bits per heavy atom. The summed E-state index contributed by atoms with van der Waals surface area (Å²) < 4.78 is 11.8. The van der Waals surface area contributed by atoms with Crippen molar-refractivity contribution in [3.05, 3.63) is 54.6 Å². The maximum Gasteiger partial charge on any atom is 0.169 e. The van der Waals surface area contributed by atoms with Gasteiger partial charge in [0.2, 0.25) is 0 Å². The molecule has 82 valence electrons. The highest BCUT2D eigenvalue weighted by atomic mass is 127. The first-order valence-electron chi connectivity index (χ1n) is 4.91. The molecule has 0 atom stereocenters. The van der Waals surface area contributed by atoms with Gasteiger partial charge in [0.1, 0.15) is 10.4 Å². The Balaban J connectivity index is 2.21. The number of hydrogen-bond acceptors (Lipinski definition) is 2. The van der Waals surface area contributed by atoms with E-state index in [4.69, 9.17) is 9.47 Å². The number of rotatable bonds is 4. The molecule has 2 aromatic rings. The van der Waals surface area contributed by atoms with Gasteiger partial charge in [0, 0.05) is 0 Å². The summed E-state index contributed by atoms with van der Waals surface area (Å²) in [5.74, 6) is 2.32. The van der Waals surface area contributed by atoms with E-state index in [9.17, 15) is 0 Å². The van der Waals surface area contributed by atoms with Crippen molar-refractivity contribution in [3.63, 3.8) is 0 Å². The minimum Gasteiger partial charge on any atom is -0.479 e. The van der Waals surface area contributed by atoms with Gasteiger partial charge in [-0.15, -0.1) is 0 Å². The van der Waals surface area contributed by atoms with E-state index in [-0.39, 0.29) is 0 Å². The SMILES string of the molecule is ICOc1ccccc1Oc1ccccc1. The molecule has 0 aliphatic heterocycles. The van der Waals surface area contributed by atoms with E-state index in [0.717, 1.165) is 17.2 Å². The van der Waals surface area contributed by atoms with Gasteiger partial charge in [0.25, 0.3) is 0 Å². The highest BCUT2D eigenvalue weighted by Crippen LogP contribution is 2.31. The summed E-state index contributed by atoms with van der Waals surface area (Å²) in [5.41, 5.74) is 0. The Hall–Kier alpha value is -1.23. The van der Waals surface area contributed by atoms with Crippen LogP contribution >= 0.6 is 22.6 Å². The van der Waals surface area contributed by atoms with Gasteiger partial charge < -0.3 is 9.47 Å². The topological polar surface area (TPSA) is 18.5 Å². The van der Waals surface area contributed by atoms with Gasteiger partial charge in [0.15, 0.2) is 11.5 Å². The van der Waals surface area contributed by atoms with E-state index in [0.29, 0.717) is 4.61 Å². The highest BCUT2D eigenvalue weighted by molar-refractivity contribution is 14.1. The molecule has 2 nitrogen and oxygen atoms in total. The minimum absolute atomic E-state index is 0.604. The monoisotopic (exact) mass is 326 g/mol. The van der Waals surface area contributed by atoms with Gasteiger partial charge in [-0.2, -0.15) is 0 Å². The lowest BCUT2D eigenvalue weighted by molar-refractivity contribution is 0.371. The molecule has 2 aromatic carbocycles. The number of benzene rings is 2. The van der Waals surface area contributed by atoms with E-state index in [1.165, 1.54) is 0 Å². The van der Waals surface area contributed by atoms with Gasteiger partial charge in [-0.05, 0) is 46.9 Å². The molecule has 0 N–H and O–H groups in total. The summed E-state index contributed by atoms with van der Waals surface area (Å²) in [6.07, 6.45) is 0. The predicted molar refractivity (Wildman–Crippen MR) is 72.5 cm³/mol. The Bertz CT molecular complexity index is 443. The molecule has 16 heavy (non-hydrogen) atoms. The molecule has 3 heteroatoms. The van der Waals surface area contributed by atoms with Crippen LogP contribution in [0.1, 0.15) is 0 Å². The normalized spacial score (nSPS) is 9.81. The number of halogens is 1. The number of para-hydroxylation sites is 3. The lowest BCUT2D eigenvalue weighted by Gasteiger charge is -2.10. The third kappa shape index (κ3) is 2.88. The van der Waals surface area contributed by atoms with Crippen LogP contribution in [0.5, 0.6) is 17.2 Å². The van der Waals surface area contributed by atoms with Crippen LogP contribution in [0.25, 0.3) is 0 Å². The molecule has 0 spiro atoms. The molecule has 0 aliphatic rings. The van der Waals surface area contributed by atoms with Crippen LogP contribution in [0.2, 0.25) is 0 Å². The predicted octanol–water partition coefficient (Wildman–Crippen LogP) is 4.25. The Kier molecular flexibility index (Phi) is 4.04. The van der Waals surface area contributed by atoms with Crippen molar-refractivity contribution in [3.8, 4) is 17.2 Å². The fourth-order valence-corrected chi connectivity index (χ4v) is 1.66. The standard InChI is InChI=1S/C13H11IO2/c14-10-15-12-8-4-5-9-13(12)16-11-6-2-1-3-7-11/h1-9H,10H2. The molecule has 0 aromatic heterocycles. The maximum absolute atomic E-state index is 5.73. The zero-order chi connectivity index (χ0) is 11.2. The summed E-state index contributed by atoms with van der Waals surface area (Å²) in [7, 11) is 0. The second kappa shape index (κ2) is 5.75. The molecule has 0 radical (unpaired) electrons.